The number of alkyl halides is 3. The summed E-state index contributed by atoms with van der Waals surface area (Å²) in [5, 5.41) is 6.50. The third-order valence-electron chi connectivity index (χ3n) is 3.37. The minimum atomic E-state index is -1.74. The number of hydrogen-bond acceptors (Lipinski definition) is 2. The van der Waals surface area contributed by atoms with Gasteiger partial charge in [-0.15, -0.1) is 0 Å². The van der Waals surface area contributed by atoms with Crippen LogP contribution in [0.25, 0.3) is 0 Å². The molecule has 2 N–H and O–H groups in total. The Morgan fingerprint density at radius 1 is 1.12 bits per heavy atom. The topological polar surface area (TPSA) is 41.1 Å². The molecule has 0 saturated carbocycles. The minimum Gasteiger partial charge on any atom is -0.361 e. The number of rotatable bonds is 9. The third-order valence-corrected chi connectivity index (χ3v) is 4.57. The van der Waals surface area contributed by atoms with E-state index in [2.05, 4.69) is 17.6 Å². The van der Waals surface area contributed by atoms with Gasteiger partial charge in [0.25, 0.3) is 0 Å². The van der Waals surface area contributed by atoms with E-state index in [1.165, 1.54) is 6.42 Å². The zero-order valence-electron chi connectivity index (χ0n) is 13.4. The second-order valence-electron chi connectivity index (χ2n) is 5.47. The molecule has 1 aromatic rings. The monoisotopic (exact) mass is 432 g/mol. The molecule has 8 heteroatoms. The molecule has 136 valence electrons. The third kappa shape index (κ3) is 8.35. The first-order valence-corrected chi connectivity index (χ1v) is 9.70. The van der Waals surface area contributed by atoms with Crippen LogP contribution in [0.5, 0.6) is 0 Å². The molecular weight excluding hydrogens is 413 g/mol. The van der Waals surface area contributed by atoms with Gasteiger partial charge < -0.3 is 10.6 Å². The fraction of sp³-hybridized carbons (Fsp3) is 0.562. The normalized spacial score (nSPS) is 12.8. The van der Waals surface area contributed by atoms with Gasteiger partial charge in [-0.25, -0.2) is 0 Å². The lowest BCUT2D eigenvalue weighted by Gasteiger charge is -2.28. The van der Waals surface area contributed by atoms with E-state index in [0.717, 1.165) is 25.7 Å². The Bertz CT molecular complexity index is 534. The first kappa shape index (κ1) is 22.0. The Morgan fingerprint density at radius 2 is 1.79 bits per heavy atom. The predicted molar refractivity (Wildman–Crippen MR) is 106 cm³/mol. The molecule has 1 aromatic carbocycles. The highest BCUT2D eigenvalue weighted by Crippen LogP contribution is 2.33. The highest BCUT2D eigenvalue weighted by molar-refractivity contribution is 6.68. The lowest BCUT2D eigenvalue weighted by atomic mass is 10.1. The van der Waals surface area contributed by atoms with Gasteiger partial charge >= 0.3 is 0 Å². The Balaban J connectivity index is 2.61. The molecule has 0 spiro atoms. The van der Waals surface area contributed by atoms with Gasteiger partial charge in [-0.2, -0.15) is 0 Å². The maximum absolute atomic E-state index is 12.1. The molecule has 0 radical (unpaired) electrons. The largest absolute Gasteiger partial charge is 0.361 e. The maximum Gasteiger partial charge on any atom is 0.228 e. The van der Waals surface area contributed by atoms with E-state index in [4.69, 9.17) is 58.0 Å². The predicted octanol–water partition coefficient (Wildman–Crippen LogP) is 6.58. The number of hydrogen-bond donors (Lipinski definition) is 2. The summed E-state index contributed by atoms with van der Waals surface area (Å²) in [6, 6.07) is 4.88. The highest BCUT2D eigenvalue weighted by Gasteiger charge is 2.34. The van der Waals surface area contributed by atoms with Crippen molar-refractivity contribution in [1.29, 1.82) is 0 Å². The molecule has 1 amide bonds. The number of halogens is 5. The number of carbonyl (C=O) groups excluding carboxylic acids is 1. The summed E-state index contributed by atoms with van der Waals surface area (Å²) in [6.07, 6.45) is 4.75. The molecule has 0 aliphatic carbocycles. The molecule has 0 fully saturated rings. The highest BCUT2D eigenvalue weighted by atomic mass is 35.6. The molecule has 0 unspecified atom stereocenters. The zero-order chi connectivity index (χ0) is 18.2. The van der Waals surface area contributed by atoms with Gasteiger partial charge in [0.1, 0.15) is 6.17 Å². The van der Waals surface area contributed by atoms with Crippen LogP contribution in [-0.4, -0.2) is 15.9 Å². The van der Waals surface area contributed by atoms with Crippen LogP contribution in [0.3, 0.4) is 0 Å². The van der Waals surface area contributed by atoms with Gasteiger partial charge in [-0.1, -0.05) is 90.6 Å². The van der Waals surface area contributed by atoms with E-state index in [0.29, 0.717) is 22.2 Å². The van der Waals surface area contributed by atoms with Crippen LogP contribution in [-0.2, 0) is 4.79 Å². The van der Waals surface area contributed by atoms with Crippen molar-refractivity contribution in [3.63, 3.8) is 0 Å². The molecule has 0 aromatic heterocycles. The summed E-state index contributed by atoms with van der Waals surface area (Å²) in [5.41, 5.74) is 0.514. The van der Waals surface area contributed by atoms with Crippen molar-refractivity contribution in [2.24, 2.45) is 0 Å². The molecule has 24 heavy (non-hydrogen) atoms. The molecule has 0 heterocycles. The number of benzene rings is 1. The van der Waals surface area contributed by atoms with Crippen molar-refractivity contribution < 1.29 is 4.79 Å². The Kier molecular flexibility index (Phi) is 9.91. The fourth-order valence-corrected chi connectivity index (χ4v) is 2.87. The summed E-state index contributed by atoms with van der Waals surface area (Å²) >= 11 is 29.9. The number of carbonyl (C=O) groups is 1. The summed E-state index contributed by atoms with van der Waals surface area (Å²) in [7, 11) is 0. The number of unbranched alkanes of at least 4 members (excludes halogenated alkanes) is 4. The van der Waals surface area contributed by atoms with Crippen molar-refractivity contribution in [1.82, 2.24) is 5.32 Å². The van der Waals surface area contributed by atoms with E-state index >= 15 is 0 Å². The number of anilines is 1. The molecule has 0 aliphatic rings. The van der Waals surface area contributed by atoms with Crippen molar-refractivity contribution in [3.05, 3.63) is 28.2 Å². The Hall–Kier alpha value is -0.0600. The van der Waals surface area contributed by atoms with Crippen LogP contribution in [0.1, 0.15) is 45.4 Å². The summed E-state index contributed by atoms with van der Waals surface area (Å²) in [5.74, 6) is -0.180. The minimum absolute atomic E-state index is 0.180. The van der Waals surface area contributed by atoms with E-state index in [1.54, 1.807) is 18.2 Å². The van der Waals surface area contributed by atoms with E-state index in [-0.39, 0.29) is 5.91 Å². The van der Waals surface area contributed by atoms with Gasteiger partial charge in [0, 0.05) is 11.4 Å². The maximum atomic E-state index is 12.1. The van der Waals surface area contributed by atoms with Gasteiger partial charge in [0.15, 0.2) is 0 Å². The van der Waals surface area contributed by atoms with Gasteiger partial charge in [-0.3, -0.25) is 4.79 Å². The lowest BCUT2D eigenvalue weighted by Crippen LogP contribution is -2.49. The first-order valence-electron chi connectivity index (χ1n) is 7.81. The molecule has 0 bridgehead atoms. The lowest BCUT2D eigenvalue weighted by molar-refractivity contribution is -0.121. The van der Waals surface area contributed by atoms with Crippen molar-refractivity contribution in [2.75, 3.05) is 5.32 Å². The van der Waals surface area contributed by atoms with E-state index in [9.17, 15) is 4.79 Å². The SMILES string of the molecule is CCCCCCCC(=O)N[C@H](Nc1ccc(Cl)cc1Cl)C(Cl)(Cl)Cl. The molecule has 0 aliphatic heterocycles. The average Bonchev–Trinajstić information content (AvgIpc) is 2.48. The van der Waals surface area contributed by atoms with Crippen LogP contribution in [0.4, 0.5) is 5.69 Å². The fourth-order valence-electron chi connectivity index (χ4n) is 2.08. The number of nitrogens with one attached hydrogen (secondary N) is 2. The van der Waals surface area contributed by atoms with Crippen molar-refractivity contribution in [2.45, 2.75) is 55.4 Å². The first-order chi connectivity index (χ1) is 11.2. The van der Waals surface area contributed by atoms with E-state index in [1.807, 2.05) is 0 Å². The van der Waals surface area contributed by atoms with Crippen molar-refractivity contribution in [3.8, 4) is 0 Å². The van der Waals surface area contributed by atoms with Gasteiger partial charge in [-0.05, 0) is 24.6 Å². The summed E-state index contributed by atoms with van der Waals surface area (Å²) in [4.78, 5) is 12.1. The van der Waals surface area contributed by atoms with Crippen LogP contribution in [0.2, 0.25) is 10.0 Å². The van der Waals surface area contributed by atoms with Crippen LogP contribution >= 0.6 is 58.0 Å². The molecule has 3 nitrogen and oxygen atoms in total. The zero-order valence-corrected chi connectivity index (χ0v) is 17.1. The van der Waals surface area contributed by atoms with Gasteiger partial charge in [0.05, 0.1) is 10.7 Å². The molecule has 0 saturated heterocycles. The van der Waals surface area contributed by atoms with Crippen LogP contribution < -0.4 is 10.6 Å². The Morgan fingerprint density at radius 3 is 2.38 bits per heavy atom. The standard InChI is InChI=1S/C16H21Cl5N2O/c1-2-3-4-5-6-7-14(24)23-15(16(19,20)21)22-13-9-8-11(17)10-12(13)18/h8-10,15,22H,2-7H2,1H3,(H,23,24)/t15-/m0/s1. The second kappa shape index (κ2) is 10.8. The van der Waals surface area contributed by atoms with Crippen molar-refractivity contribution >= 4 is 69.6 Å². The summed E-state index contributed by atoms with van der Waals surface area (Å²) < 4.78 is -1.74. The smallest absolute Gasteiger partial charge is 0.228 e. The van der Waals surface area contributed by atoms with E-state index < -0.39 is 9.96 Å². The second-order valence-corrected chi connectivity index (χ2v) is 8.69. The number of amides is 1. The molecule has 1 atom stereocenters. The van der Waals surface area contributed by atoms with Crippen LogP contribution in [0, 0.1) is 0 Å². The average molecular weight is 435 g/mol. The van der Waals surface area contributed by atoms with Gasteiger partial charge in [0.2, 0.25) is 9.70 Å². The van der Waals surface area contributed by atoms with Crippen LogP contribution in [0.15, 0.2) is 18.2 Å². The summed E-state index contributed by atoms with van der Waals surface area (Å²) in [6.45, 7) is 2.14. The quantitative estimate of drug-likeness (QED) is 0.262. The molecular formula is C16H21Cl5N2O. The Labute approximate surface area is 168 Å². The molecule has 1 rings (SSSR count).